The number of amides is 1. The predicted octanol–water partition coefficient (Wildman–Crippen LogP) is 4.16. The molecule has 0 fully saturated rings. The number of rotatable bonds is 3. The van der Waals surface area contributed by atoms with E-state index < -0.39 is 23.2 Å². The van der Waals surface area contributed by atoms with Crippen LogP contribution in [0.4, 0.5) is 18.9 Å². The van der Waals surface area contributed by atoms with Gasteiger partial charge in [-0.1, -0.05) is 35.9 Å². The van der Waals surface area contributed by atoms with Crippen molar-refractivity contribution in [3.8, 4) is 5.69 Å². The molecule has 0 radical (unpaired) electrons. The molecule has 0 aliphatic heterocycles. The van der Waals surface area contributed by atoms with Crippen molar-refractivity contribution in [1.29, 1.82) is 0 Å². The van der Waals surface area contributed by atoms with E-state index in [4.69, 9.17) is 11.6 Å². The van der Waals surface area contributed by atoms with Crippen molar-refractivity contribution in [2.24, 2.45) is 0 Å². The molecule has 0 unspecified atom stereocenters. The normalized spacial score (nSPS) is 11.3. The Hall–Kier alpha value is -3.13. The van der Waals surface area contributed by atoms with Crippen LogP contribution in [-0.2, 0) is 6.18 Å². The zero-order chi connectivity index (χ0) is 19.6. The number of aromatic nitrogens is 2. The first-order valence-electron chi connectivity index (χ1n) is 7.59. The number of para-hydroxylation sites is 1. The first-order chi connectivity index (χ1) is 12.8. The summed E-state index contributed by atoms with van der Waals surface area (Å²) in [6, 6.07) is 13.5. The maximum atomic E-state index is 12.8. The van der Waals surface area contributed by atoms with Crippen molar-refractivity contribution >= 4 is 23.2 Å². The van der Waals surface area contributed by atoms with Crippen LogP contribution in [0.5, 0.6) is 0 Å². The molecule has 3 aromatic rings. The Morgan fingerprint density at radius 3 is 2.41 bits per heavy atom. The number of carbonyl (C=O) groups excluding carboxylic acids is 1. The fraction of sp³-hybridized carbons (Fsp3) is 0.0556. The lowest BCUT2D eigenvalue weighted by Crippen LogP contribution is -2.25. The van der Waals surface area contributed by atoms with E-state index >= 15 is 0 Å². The second-order valence-electron chi connectivity index (χ2n) is 5.46. The van der Waals surface area contributed by atoms with Crippen molar-refractivity contribution < 1.29 is 18.0 Å². The van der Waals surface area contributed by atoms with Crippen LogP contribution in [0.3, 0.4) is 0 Å². The third kappa shape index (κ3) is 4.17. The van der Waals surface area contributed by atoms with Gasteiger partial charge >= 0.3 is 6.18 Å². The smallest absolute Gasteiger partial charge is 0.321 e. The summed E-state index contributed by atoms with van der Waals surface area (Å²) >= 11 is 5.94. The van der Waals surface area contributed by atoms with Crippen molar-refractivity contribution in [1.82, 2.24) is 9.78 Å². The maximum Gasteiger partial charge on any atom is 0.416 e. The lowest BCUT2D eigenvalue weighted by molar-refractivity contribution is -0.137. The fourth-order valence-corrected chi connectivity index (χ4v) is 2.52. The summed E-state index contributed by atoms with van der Waals surface area (Å²) < 4.78 is 39.4. The highest BCUT2D eigenvalue weighted by atomic mass is 35.5. The van der Waals surface area contributed by atoms with Gasteiger partial charge in [-0.2, -0.15) is 23.0 Å². The molecule has 0 atom stereocenters. The van der Waals surface area contributed by atoms with Crippen molar-refractivity contribution in [3.63, 3.8) is 0 Å². The number of nitrogens with one attached hydrogen (secondary N) is 1. The quantitative estimate of drug-likeness (QED) is 0.726. The van der Waals surface area contributed by atoms with Gasteiger partial charge in [0.2, 0.25) is 0 Å². The van der Waals surface area contributed by atoms with Crippen LogP contribution >= 0.6 is 11.6 Å². The van der Waals surface area contributed by atoms with Gasteiger partial charge in [0.05, 0.1) is 16.3 Å². The Morgan fingerprint density at radius 2 is 1.74 bits per heavy atom. The summed E-state index contributed by atoms with van der Waals surface area (Å²) in [6.07, 6.45) is -4.54. The van der Waals surface area contributed by atoms with Gasteiger partial charge in [0.1, 0.15) is 0 Å². The van der Waals surface area contributed by atoms with Gasteiger partial charge in [0, 0.05) is 11.8 Å². The molecule has 9 heteroatoms. The number of halogens is 4. The Balaban J connectivity index is 1.95. The average Bonchev–Trinajstić information content (AvgIpc) is 2.62. The number of anilines is 1. The van der Waals surface area contributed by atoms with E-state index in [-0.39, 0.29) is 16.4 Å². The molecular formula is C18H11ClF3N3O2. The number of nitrogens with zero attached hydrogens (tertiary/aromatic N) is 2. The molecule has 1 aromatic heterocycles. The summed E-state index contributed by atoms with van der Waals surface area (Å²) in [4.78, 5) is 24.5. The minimum Gasteiger partial charge on any atom is -0.321 e. The molecule has 0 spiro atoms. The SMILES string of the molecule is O=C(Nc1cccc(C(F)(F)F)c1)c1nn(-c2ccccc2)c(=O)cc1Cl. The molecule has 0 aliphatic carbocycles. The zero-order valence-electron chi connectivity index (χ0n) is 13.5. The van der Waals surface area contributed by atoms with Gasteiger partial charge in [0.25, 0.3) is 11.5 Å². The summed E-state index contributed by atoms with van der Waals surface area (Å²) in [5.74, 6) is -0.844. The van der Waals surface area contributed by atoms with Crippen molar-refractivity contribution in [3.05, 3.63) is 87.3 Å². The highest BCUT2D eigenvalue weighted by molar-refractivity contribution is 6.34. The van der Waals surface area contributed by atoms with Gasteiger partial charge in [-0.15, -0.1) is 0 Å². The van der Waals surface area contributed by atoms with E-state index in [9.17, 15) is 22.8 Å². The van der Waals surface area contributed by atoms with E-state index in [1.54, 1.807) is 30.3 Å². The van der Waals surface area contributed by atoms with Gasteiger partial charge in [-0.25, -0.2) is 0 Å². The lowest BCUT2D eigenvalue weighted by Gasteiger charge is -2.11. The summed E-state index contributed by atoms with van der Waals surface area (Å²) in [6.45, 7) is 0. The van der Waals surface area contributed by atoms with Crippen molar-refractivity contribution in [2.75, 3.05) is 5.32 Å². The first kappa shape index (κ1) is 18.7. The van der Waals surface area contributed by atoms with Crippen LogP contribution in [-0.4, -0.2) is 15.7 Å². The molecule has 0 bridgehead atoms. The van der Waals surface area contributed by atoms with E-state index in [1.165, 1.54) is 12.1 Å². The monoisotopic (exact) mass is 393 g/mol. The summed E-state index contributed by atoms with van der Waals surface area (Å²) in [7, 11) is 0. The molecule has 1 heterocycles. The summed E-state index contributed by atoms with van der Waals surface area (Å²) in [5.41, 5.74) is -1.43. The highest BCUT2D eigenvalue weighted by Crippen LogP contribution is 2.30. The van der Waals surface area contributed by atoms with E-state index in [2.05, 4.69) is 10.4 Å². The average molecular weight is 394 g/mol. The molecule has 1 amide bonds. The fourth-order valence-electron chi connectivity index (χ4n) is 2.31. The molecule has 0 saturated heterocycles. The predicted molar refractivity (Wildman–Crippen MR) is 94.2 cm³/mol. The molecule has 1 N–H and O–H groups in total. The molecule has 0 aliphatic rings. The van der Waals surface area contributed by atoms with Gasteiger partial charge in [-0.05, 0) is 30.3 Å². The number of benzene rings is 2. The van der Waals surface area contributed by atoms with E-state index in [0.717, 1.165) is 22.9 Å². The molecule has 0 saturated carbocycles. The Bertz CT molecular complexity index is 1050. The highest BCUT2D eigenvalue weighted by Gasteiger charge is 2.30. The van der Waals surface area contributed by atoms with Crippen LogP contribution in [0, 0.1) is 0 Å². The molecule has 2 aromatic carbocycles. The lowest BCUT2D eigenvalue weighted by atomic mass is 10.2. The van der Waals surface area contributed by atoms with Crippen LogP contribution in [0.15, 0.2) is 65.5 Å². The van der Waals surface area contributed by atoms with E-state index in [1.807, 2.05) is 0 Å². The van der Waals surface area contributed by atoms with Gasteiger partial charge in [0.15, 0.2) is 5.69 Å². The number of carbonyl (C=O) groups is 1. The maximum absolute atomic E-state index is 12.8. The Labute approximate surface area is 156 Å². The van der Waals surface area contributed by atoms with Gasteiger partial charge < -0.3 is 5.32 Å². The first-order valence-corrected chi connectivity index (χ1v) is 7.97. The van der Waals surface area contributed by atoms with E-state index in [0.29, 0.717) is 5.69 Å². The third-order valence-electron chi connectivity index (χ3n) is 3.55. The Kier molecular flexibility index (Phi) is 5.00. The topological polar surface area (TPSA) is 64.0 Å². The number of hydrogen-bond acceptors (Lipinski definition) is 3. The summed E-state index contributed by atoms with van der Waals surface area (Å²) in [5, 5.41) is 6.04. The number of alkyl halides is 3. The van der Waals surface area contributed by atoms with Gasteiger partial charge in [-0.3, -0.25) is 9.59 Å². The molecular weight excluding hydrogens is 383 g/mol. The van der Waals surface area contributed by atoms with Crippen LogP contribution < -0.4 is 10.9 Å². The Morgan fingerprint density at radius 1 is 1.04 bits per heavy atom. The minimum atomic E-state index is -4.54. The standard InChI is InChI=1S/C18H11ClF3N3O2/c19-14-10-15(26)25(13-7-2-1-3-8-13)24-16(14)17(27)23-12-6-4-5-11(9-12)18(20,21)22/h1-10H,(H,23,27). The van der Waals surface area contributed by atoms with Crippen LogP contribution in [0.25, 0.3) is 5.69 Å². The van der Waals surface area contributed by atoms with Crippen LogP contribution in [0.2, 0.25) is 5.02 Å². The zero-order valence-corrected chi connectivity index (χ0v) is 14.3. The third-order valence-corrected chi connectivity index (χ3v) is 3.84. The molecule has 27 heavy (non-hydrogen) atoms. The largest absolute Gasteiger partial charge is 0.416 e. The second-order valence-corrected chi connectivity index (χ2v) is 5.87. The molecule has 5 nitrogen and oxygen atoms in total. The second kappa shape index (κ2) is 7.24. The molecule has 3 rings (SSSR count). The molecule has 138 valence electrons. The van der Waals surface area contributed by atoms with Crippen LogP contribution in [0.1, 0.15) is 16.1 Å². The minimum absolute atomic E-state index is 0.0786. The van der Waals surface area contributed by atoms with Crippen molar-refractivity contribution in [2.45, 2.75) is 6.18 Å². The number of hydrogen-bond donors (Lipinski definition) is 1.